The molecule has 1 amide bonds. The summed E-state index contributed by atoms with van der Waals surface area (Å²) in [6, 6.07) is 0. The molecule has 21 heavy (non-hydrogen) atoms. The van der Waals surface area contributed by atoms with E-state index in [2.05, 4.69) is 4.90 Å². The number of hydrogen-bond donors (Lipinski definition) is 2. The van der Waals surface area contributed by atoms with Crippen molar-refractivity contribution in [1.82, 2.24) is 9.80 Å². The van der Waals surface area contributed by atoms with E-state index in [1.54, 1.807) is 0 Å². The summed E-state index contributed by atoms with van der Waals surface area (Å²) in [5, 5.41) is 18.8. The number of likely N-dealkylation sites (tertiary alicyclic amines) is 1. The van der Waals surface area contributed by atoms with E-state index in [0.717, 1.165) is 39.3 Å². The van der Waals surface area contributed by atoms with Crippen molar-refractivity contribution in [2.45, 2.75) is 12.8 Å². The number of nitrogens with zero attached hydrogens (tertiary/aromatic N) is 2. The van der Waals surface area contributed by atoms with Gasteiger partial charge in [0.05, 0.1) is 26.4 Å². The molecule has 0 aromatic rings. The number of morpholine rings is 1. The summed E-state index contributed by atoms with van der Waals surface area (Å²) in [6.45, 7) is 6.00. The highest BCUT2D eigenvalue weighted by Crippen LogP contribution is 2.61. The minimum atomic E-state index is -0.301. The highest BCUT2D eigenvalue weighted by Gasteiger charge is 2.67. The minimum Gasteiger partial charge on any atom is -0.396 e. The van der Waals surface area contributed by atoms with Crippen molar-refractivity contribution in [1.29, 1.82) is 0 Å². The molecule has 2 saturated heterocycles. The molecule has 3 aliphatic rings. The first kappa shape index (κ1) is 15.2. The van der Waals surface area contributed by atoms with E-state index >= 15 is 0 Å². The second kappa shape index (κ2) is 6.20. The van der Waals surface area contributed by atoms with Crippen LogP contribution in [0.1, 0.15) is 12.8 Å². The van der Waals surface area contributed by atoms with Gasteiger partial charge in [0.15, 0.2) is 0 Å². The van der Waals surface area contributed by atoms with Crippen LogP contribution in [-0.2, 0) is 9.53 Å². The largest absolute Gasteiger partial charge is 0.396 e. The molecule has 0 spiro atoms. The first-order valence-corrected chi connectivity index (χ1v) is 8.01. The van der Waals surface area contributed by atoms with Crippen molar-refractivity contribution in [2.75, 3.05) is 59.2 Å². The van der Waals surface area contributed by atoms with Gasteiger partial charge in [-0.25, -0.2) is 0 Å². The molecule has 2 aliphatic heterocycles. The maximum atomic E-state index is 12.2. The van der Waals surface area contributed by atoms with E-state index in [1.807, 2.05) is 4.90 Å². The number of aliphatic hydroxyl groups is 2. The number of carbonyl (C=O) groups is 1. The predicted octanol–water partition coefficient (Wildman–Crippen LogP) is -0.842. The molecule has 120 valence electrons. The van der Waals surface area contributed by atoms with Gasteiger partial charge in [0.1, 0.15) is 0 Å². The summed E-state index contributed by atoms with van der Waals surface area (Å²) < 4.78 is 5.31. The highest BCUT2D eigenvalue weighted by atomic mass is 16.5. The fraction of sp³-hybridized carbons (Fsp3) is 0.933. The third kappa shape index (κ3) is 2.82. The summed E-state index contributed by atoms with van der Waals surface area (Å²) >= 11 is 0. The average molecular weight is 298 g/mol. The summed E-state index contributed by atoms with van der Waals surface area (Å²) in [6.07, 6.45) is 1.50. The fourth-order valence-corrected chi connectivity index (χ4v) is 4.00. The smallest absolute Gasteiger partial charge is 0.222 e. The molecule has 6 nitrogen and oxygen atoms in total. The highest BCUT2D eigenvalue weighted by molar-refractivity contribution is 5.76. The Hall–Kier alpha value is -0.690. The zero-order valence-electron chi connectivity index (χ0n) is 12.5. The van der Waals surface area contributed by atoms with Crippen LogP contribution < -0.4 is 0 Å². The molecule has 0 radical (unpaired) electrons. The Balaban J connectivity index is 1.36. The van der Waals surface area contributed by atoms with E-state index in [0.29, 0.717) is 31.3 Å². The van der Waals surface area contributed by atoms with Gasteiger partial charge in [0.25, 0.3) is 0 Å². The summed E-state index contributed by atoms with van der Waals surface area (Å²) in [4.78, 5) is 16.5. The second-order valence-corrected chi connectivity index (χ2v) is 6.62. The molecule has 0 bridgehead atoms. The van der Waals surface area contributed by atoms with Crippen molar-refractivity contribution in [3.05, 3.63) is 0 Å². The lowest BCUT2D eigenvalue weighted by Gasteiger charge is -2.27. The lowest BCUT2D eigenvalue weighted by molar-refractivity contribution is -0.131. The zero-order valence-corrected chi connectivity index (χ0v) is 12.5. The first-order chi connectivity index (χ1) is 10.2. The molecule has 0 aromatic heterocycles. The number of carbonyl (C=O) groups excluding carboxylic acids is 1. The van der Waals surface area contributed by atoms with Crippen LogP contribution in [0.4, 0.5) is 0 Å². The normalized spacial score (nSPS) is 31.2. The molecular weight excluding hydrogens is 272 g/mol. The van der Waals surface area contributed by atoms with Gasteiger partial charge in [-0.15, -0.1) is 0 Å². The van der Waals surface area contributed by atoms with Gasteiger partial charge >= 0.3 is 0 Å². The molecule has 1 aliphatic carbocycles. The van der Waals surface area contributed by atoms with Gasteiger partial charge in [-0.3, -0.25) is 9.69 Å². The number of fused-ring (bicyclic) bond motifs is 1. The van der Waals surface area contributed by atoms with Crippen LogP contribution in [0.3, 0.4) is 0 Å². The van der Waals surface area contributed by atoms with Crippen molar-refractivity contribution < 1.29 is 19.7 Å². The monoisotopic (exact) mass is 298 g/mol. The maximum Gasteiger partial charge on any atom is 0.222 e. The van der Waals surface area contributed by atoms with Gasteiger partial charge in [-0.1, -0.05) is 0 Å². The zero-order chi connectivity index (χ0) is 14.9. The molecule has 2 atom stereocenters. The minimum absolute atomic E-state index is 0.0396. The van der Waals surface area contributed by atoms with Crippen LogP contribution in [0.2, 0.25) is 0 Å². The van der Waals surface area contributed by atoms with Crippen LogP contribution in [0.25, 0.3) is 0 Å². The van der Waals surface area contributed by atoms with Crippen LogP contribution in [-0.4, -0.2) is 85.1 Å². The van der Waals surface area contributed by atoms with E-state index in [1.165, 1.54) is 0 Å². The number of rotatable bonds is 6. The van der Waals surface area contributed by atoms with Gasteiger partial charge in [-0.2, -0.15) is 0 Å². The molecule has 2 heterocycles. The third-order valence-corrected chi connectivity index (χ3v) is 5.60. The Labute approximate surface area is 125 Å². The Morgan fingerprint density at radius 3 is 2.33 bits per heavy atom. The first-order valence-electron chi connectivity index (χ1n) is 8.01. The van der Waals surface area contributed by atoms with E-state index in [9.17, 15) is 15.0 Å². The van der Waals surface area contributed by atoms with Gasteiger partial charge in [0, 0.05) is 38.0 Å². The molecule has 3 fully saturated rings. The quantitative estimate of drug-likeness (QED) is 0.669. The molecule has 2 N–H and O–H groups in total. The predicted molar refractivity (Wildman–Crippen MR) is 76.7 cm³/mol. The third-order valence-electron chi connectivity index (χ3n) is 5.60. The van der Waals surface area contributed by atoms with Crippen molar-refractivity contribution in [3.63, 3.8) is 0 Å². The van der Waals surface area contributed by atoms with Gasteiger partial charge in [-0.05, 0) is 24.8 Å². The SMILES string of the molecule is O=C(CCCN1CCOCC1)N1CC2C(C1)C2(CO)CO. The van der Waals surface area contributed by atoms with Crippen LogP contribution in [0, 0.1) is 17.3 Å². The average Bonchev–Trinajstić information content (AvgIpc) is 2.89. The Morgan fingerprint density at radius 1 is 1.14 bits per heavy atom. The lowest BCUT2D eigenvalue weighted by Crippen LogP contribution is -2.38. The second-order valence-electron chi connectivity index (χ2n) is 6.62. The Bertz CT molecular complexity index is 366. The molecule has 1 saturated carbocycles. The summed E-state index contributed by atoms with van der Waals surface area (Å²) in [5.41, 5.74) is -0.301. The molecule has 6 heteroatoms. The number of ether oxygens (including phenoxy) is 1. The Kier molecular flexibility index (Phi) is 4.49. The van der Waals surface area contributed by atoms with E-state index in [-0.39, 0.29) is 24.5 Å². The molecule has 0 aromatic carbocycles. The number of amides is 1. The number of piperidine rings is 1. The van der Waals surface area contributed by atoms with Gasteiger partial charge in [0.2, 0.25) is 5.91 Å². The molecule has 2 unspecified atom stereocenters. The molecular formula is C15H26N2O4. The Morgan fingerprint density at radius 2 is 1.76 bits per heavy atom. The van der Waals surface area contributed by atoms with Gasteiger partial charge < -0.3 is 19.8 Å². The van der Waals surface area contributed by atoms with Crippen LogP contribution in [0.15, 0.2) is 0 Å². The lowest BCUT2D eigenvalue weighted by atomic mass is 10.0. The van der Waals surface area contributed by atoms with Crippen molar-refractivity contribution >= 4 is 5.91 Å². The van der Waals surface area contributed by atoms with E-state index in [4.69, 9.17) is 4.74 Å². The summed E-state index contributed by atoms with van der Waals surface area (Å²) in [5.74, 6) is 0.826. The van der Waals surface area contributed by atoms with Crippen LogP contribution >= 0.6 is 0 Å². The topological polar surface area (TPSA) is 73.2 Å². The van der Waals surface area contributed by atoms with Crippen molar-refractivity contribution in [2.24, 2.45) is 17.3 Å². The fourth-order valence-electron chi connectivity index (χ4n) is 4.00. The summed E-state index contributed by atoms with van der Waals surface area (Å²) in [7, 11) is 0. The maximum absolute atomic E-state index is 12.2. The molecule has 3 rings (SSSR count). The van der Waals surface area contributed by atoms with E-state index < -0.39 is 0 Å². The standard InChI is InChI=1S/C15H26N2O4/c18-10-15(11-19)12-8-17(9-13(12)15)14(20)2-1-3-16-4-6-21-7-5-16/h12-13,18-19H,1-11H2. The van der Waals surface area contributed by atoms with Crippen LogP contribution in [0.5, 0.6) is 0 Å². The van der Waals surface area contributed by atoms with Crippen molar-refractivity contribution in [3.8, 4) is 0 Å². The number of aliphatic hydroxyl groups excluding tert-OH is 2. The number of hydrogen-bond acceptors (Lipinski definition) is 5.